The number of methoxy groups -OCH3 is 1. The van der Waals surface area contributed by atoms with E-state index < -0.39 is 0 Å². The van der Waals surface area contributed by atoms with Gasteiger partial charge in [-0.1, -0.05) is 24.3 Å². The largest absolute Gasteiger partial charge is 0.495 e. The van der Waals surface area contributed by atoms with E-state index in [4.69, 9.17) is 10.5 Å². The minimum absolute atomic E-state index is 0.00974. The van der Waals surface area contributed by atoms with Crippen molar-refractivity contribution >= 4 is 17.3 Å². The van der Waals surface area contributed by atoms with Gasteiger partial charge in [0, 0.05) is 11.8 Å². The fraction of sp³-hybridized carbons (Fsp3) is 0.188. The average Bonchev–Trinajstić information content (AvgIpc) is 2.42. The van der Waals surface area contributed by atoms with Crippen LogP contribution in [0, 0.1) is 0 Å². The number of rotatable bonds is 3. The quantitative estimate of drug-likeness (QED) is 0.841. The van der Waals surface area contributed by atoms with Gasteiger partial charge >= 0.3 is 0 Å². The molecule has 1 unspecified atom stereocenters. The molecule has 1 aliphatic rings. The van der Waals surface area contributed by atoms with Gasteiger partial charge in [0.05, 0.1) is 18.7 Å². The molecule has 0 heterocycles. The van der Waals surface area contributed by atoms with Crippen molar-refractivity contribution in [1.82, 2.24) is 0 Å². The molecule has 0 spiro atoms. The maximum atomic E-state index is 12.3. The van der Waals surface area contributed by atoms with Crippen molar-refractivity contribution in [1.29, 1.82) is 0 Å². The number of benzene rings is 2. The van der Waals surface area contributed by atoms with Gasteiger partial charge in [-0.05, 0) is 29.7 Å². The fourth-order valence-corrected chi connectivity index (χ4v) is 2.51. The van der Waals surface area contributed by atoms with Crippen LogP contribution in [0.2, 0.25) is 0 Å². The topological polar surface area (TPSA) is 64.3 Å². The molecule has 0 aromatic heterocycles. The number of carbonyl (C=O) groups excluding carboxylic acids is 1. The van der Waals surface area contributed by atoms with Crippen LogP contribution in [0.5, 0.6) is 5.75 Å². The molecular weight excluding hydrogens is 252 g/mol. The Bertz CT molecular complexity index is 667. The number of nitrogens with two attached hydrogens (primary N) is 1. The Labute approximate surface area is 117 Å². The number of nitrogen functional groups attached to an aromatic ring is 1. The van der Waals surface area contributed by atoms with Gasteiger partial charge in [-0.15, -0.1) is 0 Å². The monoisotopic (exact) mass is 268 g/mol. The molecular formula is C16H16N2O2. The Hall–Kier alpha value is -2.49. The third kappa shape index (κ3) is 2.09. The van der Waals surface area contributed by atoms with E-state index in [0.717, 1.165) is 12.0 Å². The molecule has 1 amide bonds. The Morgan fingerprint density at radius 1 is 1.30 bits per heavy atom. The van der Waals surface area contributed by atoms with Crippen LogP contribution < -0.4 is 15.8 Å². The van der Waals surface area contributed by atoms with Gasteiger partial charge < -0.3 is 15.8 Å². The molecule has 1 atom stereocenters. The second-order valence-corrected chi connectivity index (χ2v) is 4.90. The van der Waals surface area contributed by atoms with Crippen LogP contribution in [-0.2, 0) is 11.2 Å². The zero-order valence-electron chi connectivity index (χ0n) is 11.2. The molecule has 0 radical (unpaired) electrons. The lowest BCUT2D eigenvalue weighted by atomic mass is 9.77. The third-order valence-electron chi connectivity index (χ3n) is 3.67. The minimum atomic E-state index is -0.0604. The van der Waals surface area contributed by atoms with Crippen LogP contribution in [0.25, 0.3) is 0 Å². The van der Waals surface area contributed by atoms with Crippen molar-refractivity contribution in [3.8, 4) is 5.75 Å². The highest BCUT2D eigenvalue weighted by atomic mass is 16.5. The average molecular weight is 268 g/mol. The molecule has 1 aliphatic carbocycles. The van der Waals surface area contributed by atoms with Crippen molar-refractivity contribution in [3.05, 3.63) is 53.6 Å². The van der Waals surface area contributed by atoms with Crippen molar-refractivity contribution in [3.63, 3.8) is 0 Å². The zero-order chi connectivity index (χ0) is 14.1. The Balaban J connectivity index is 1.75. The van der Waals surface area contributed by atoms with Crippen LogP contribution in [0.4, 0.5) is 11.4 Å². The van der Waals surface area contributed by atoms with E-state index in [2.05, 4.69) is 11.4 Å². The maximum absolute atomic E-state index is 12.3. The molecule has 0 aliphatic heterocycles. The Kier molecular flexibility index (Phi) is 3.06. The van der Waals surface area contributed by atoms with Crippen molar-refractivity contribution in [2.24, 2.45) is 0 Å². The van der Waals surface area contributed by atoms with Crippen LogP contribution in [0.3, 0.4) is 0 Å². The number of carbonyl (C=O) groups is 1. The second-order valence-electron chi connectivity index (χ2n) is 4.90. The second kappa shape index (κ2) is 4.89. The van der Waals surface area contributed by atoms with E-state index >= 15 is 0 Å². The first-order valence-corrected chi connectivity index (χ1v) is 6.51. The molecule has 4 heteroatoms. The van der Waals surface area contributed by atoms with E-state index in [0.29, 0.717) is 17.1 Å². The summed E-state index contributed by atoms with van der Waals surface area (Å²) >= 11 is 0. The van der Waals surface area contributed by atoms with Crippen molar-refractivity contribution < 1.29 is 9.53 Å². The summed E-state index contributed by atoms with van der Waals surface area (Å²) in [4.78, 5) is 12.3. The van der Waals surface area contributed by atoms with Gasteiger partial charge in [-0.2, -0.15) is 0 Å². The summed E-state index contributed by atoms with van der Waals surface area (Å²) in [5.74, 6) is 0.516. The van der Waals surface area contributed by atoms with Gasteiger partial charge in [0.15, 0.2) is 0 Å². The lowest BCUT2D eigenvalue weighted by molar-refractivity contribution is -0.118. The number of anilines is 2. The maximum Gasteiger partial charge on any atom is 0.232 e. The van der Waals surface area contributed by atoms with E-state index in [-0.39, 0.29) is 11.8 Å². The number of nitrogens with one attached hydrogen (secondary N) is 1. The highest BCUT2D eigenvalue weighted by Gasteiger charge is 2.31. The molecule has 102 valence electrons. The molecule has 0 saturated carbocycles. The van der Waals surface area contributed by atoms with E-state index in [1.54, 1.807) is 25.3 Å². The number of hydrogen-bond acceptors (Lipinski definition) is 3. The van der Waals surface area contributed by atoms with Crippen molar-refractivity contribution in [2.75, 3.05) is 18.2 Å². The summed E-state index contributed by atoms with van der Waals surface area (Å²) in [6.45, 7) is 0. The van der Waals surface area contributed by atoms with Crippen LogP contribution in [0.1, 0.15) is 17.0 Å². The lowest BCUT2D eigenvalue weighted by Crippen LogP contribution is -2.30. The van der Waals surface area contributed by atoms with Gasteiger partial charge in [-0.3, -0.25) is 4.79 Å². The lowest BCUT2D eigenvalue weighted by Gasteiger charge is -2.28. The number of ether oxygens (including phenoxy) is 1. The summed E-state index contributed by atoms with van der Waals surface area (Å²) in [6.07, 6.45) is 0.800. The van der Waals surface area contributed by atoms with Gasteiger partial charge in [-0.25, -0.2) is 0 Å². The van der Waals surface area contributed by atoms with Gasteiger partial charge in [0.2, 0.25) is 5.91 Å². The molecule has 2 aromatic rings. The molecule has 20 heavy (non-hydrogen) atoms. The fourth-order valence-electron chi connectivity index (χ4n) is 2.51. The summed E-state index contributed by atoms with van der Waals surface area (Å²) in [6, 6.07) is 13.3. The first-order chi connectivity index (χ1) is 9.69. The Morgan fingerprint density at radius 2 is 2.10 bits per heavy atom. The molecule has 2 aromatic carbocycles. The number of hydrogen-bond donors (Lipinski definition) is 2. The highest BCUT2D eigenvalue weighted by molar-refractivity contribution is 5.98. The molecule has 0 saturated heterocycles. The van der Waals surface area contributed by atoms with E-state index in [9.17, 15) is 4.79 Å². The zero-order valence-corrected chi connectivity index (χ0v) is 11.2. The highest BCUT2D eigenvalue weighted by Crippen LogP contribution is 2.36. The summed E-state index contributed by atoms with van der Waals surface area (Å²) in [5.41, 5.74) is 9.38. The Morgan fingerprint density at radius 3 is 2.85 bits per heavy atom. The van der Waals surface area contributed by atoms with Gasteiger partial charge in [0.1, 0.15) is 5.75 Å². The van der Waals surface area contributed by atoms with Crippen LogP contribution in [-0.4, -0.2) is 13.0 Å². The standard InChI is InChI=1S/C16H16N2O2/c1-20-15-9-11(6-7-14(15)17)18-16(19)13-8-10-4-2-3-5-12(10)13/h2-7,9,13H,8,17H2,1H3,(H,18,19). The van der Waals surface area contributed by atoms with Crippen LogP contribution >= 0.6 is 0 Å². The smallest absolute Gasteiger partial charge is 0.232 e. The van der Waals surface area contributed by atoms with E-state index in [1.165, 1.54) is 5.56 Å². The molecule has 3 rings (SSSR count). The van der Waals surface area contributed by atoms with Crippen molar-refractivity contribution in [2.45, 2.75) is 12.3 Å². The summed E-state index contributed by atoms with van der Waals surface area (Å²) < 4.78 is 5.15. The minimum Gasteiger partial charge on any atom is -0.495 e. The molecule has 3 N–H and O–H groups in total. The normalized spacial score (nSPS) is 15.9. The van der Waals surface area contributed by atoms with Gasteiger partial charge in [0.25, 0.3) is 0 Å². The molecule has 0 bridgehead atoms. The molecule has 4 nitrogen and oxygen atoms in total. The third-order valence-corrected chi connectivity index (χ3v) is 3.67. The number of amides is 1. The van der Waals surface area contributed by atoms with Crippen LogP contribution in [0.15, 0.2) is 42.5 Å². The first-order valence-electron chi connectivity index (χ1n) is 6.51. The first kappa shape index (κ1) is 12.5. The summed E-state index contributed by atoms with van der Waals surface area (Å²) in [5, 5.41) is 2.91. The molecule has 0 fully saturated rings. The predicted molar refractivity (Wildman–Crippen MR) is 78.9 cm³/mol. The SMILES string of the molecule is COc1cc(NC(=O)C2Cc3ccccc32)ccc1N. The summed E-state index contributed by atoms with van der Waals surface area (Å²) in [7, 11) is 1.56. The van der Waals surface area contributed by atoms with E-state index in [1.807, 2.05) is 18.2 Å². The predicted octanol–water partition coefficient (Wildman–Crippen LogP) is 2.56. The number of fused-ring (bicyclic) bond motifs is 1.